The third kappa shape index (κ3) is 4.89. The minimum Gasteiger partial charge on any atom is -0.326 e. The number of benzene rings is 1. The zero-order chi connectivity index (χ0) is 18.7. The lowest BCUT2D eigenvalue weighted by Crippen LogP contribution is -2.44. The quantitative estimate of drug-likeness (QED) is 0.678. The van der Waals surface area contributed by atoms with Crippen LogP contribution in [0, 0.1) is 11.3 Å². The molecule has 4 rings (SSSR count). The van der Waals surface area contributed by atoms with Gasteiger partial charge in [-0.05, 0) is 55.6 Å². The maximum absolute atomic E-state index is 13.1. The van der Waals surface area contributed by atoms with Crippen molar-refractivity contribution in [3.63, 3.8) is 0 Å². The highest BCUT2D eigenvalue weighted by Crippen LogP contribution is 2.44. The van der Waals surface area contributed by atoms with Crippen LogP contribution in [0.2, 0.25) is 0 Å². The maximum atomic E-state index is 13.1. The largest absolute Gasteiger partial charge is 0.326 e. The van der Waals surface area contributed by atoms with Crippen molar-refractivity contribution in [1.82, 2.24) is 10.3 Å². The van der Waals surface area contributed by atoms with E-state index in [2.05, 4.69) is 20.9 Å². The lowest BCUT2D eigenvalue weighted by atomic mass is 9.67. The summed E-state index contributed by atoms with van der Waals surface area (Å²) in [6.45, 7) is 1.66. The highest BCUT2D eigenvalue weighted by atomic mass is 35.5. The Kier molecular flexibility index (Phi) is 8.02. The number of hydrogen-bond acceptors (Lipinski definition) is 4. The number of carbonyl (C=O) groups is 2. The third-order valence-electron chi connectivity index (χ3n) is 5.78. The molecule has 2 fully saturated rings. The minimum atomic E-state index is -0.315. The molecule has 2 aliphatic rings. The van der Waals surface area contributed by atoms with Crippen LogP contribution in [0.25, 0.3) is 0 Å². The van der Waals surface area contributed by atoms with Crippen LogP contribution < -0.4 is 16.0 Å². The zero-order valence-corrected chi connectivity index (χ0v) is 17.7. The number of nitrogens with one attached hydrogen (secondary N) is 3. The topological polar surface area (TPSA) is 83.1 Å². The summed E-state index contributed by atoms with van der Waals surface area (Å²) in [4.78, 5) is 29.6. The lowest BCUT2D eigenvalue weighted by Gasteiger charge is -2.37. The van der Waals surface area contributed by atoms with Crippen molar-refractivity contribution in [2.45, 2.75) is 25.7 Å². The van der Waals surface area contributed by atoms with Crippen molar-refractivity contribution in [2.24, 2.45) is 11.3 Å². The van der Waals surface area contributed by atoms with Gasteiger partial charge in [-0.1, -0.05) is 25.0 Å². The molecule has 8 heteroatoms. The summed E-state index contributed by atoms with van der Waals surface area (Å²) in [5.74, 6) is 0.723. The van der Waals surface area contributed by atoms with Gasteiger partial charge < -0.3 is 16.0 Å². The smallest absolute Gasteiger partial charge is 0.256 e. The van der Waals surface area contributed by atoms with E-state index in [1.54, 1.807) is 36.5 Å². The van der Waals surface area contributed by atoms with E-state index < -0.39 is 0 Å². The van der Waals surface area contributed by atoms with Crippen LogP contribution in [0.3, 0.4) is 0 Å². The Bertz CT molecular complexity index is 850. The molecule has 0 bridgehead atoms. The number of hydrogen-bond donors (Lipinski definition) is 3. The predicted octanol–water partition coefficient (Wildman–Crippen LogP) is 3.90. The Balaban J connectivity index is 0.00000150. The van der Waals surface area contributed by atoms with Crippen LogP contribution in [0.4, 0.5) is 11.5 Å². The number of rotatable bonds is 4. The number of pyridine rings is 1. The first-order valence-electron chi connectivity index (χ1n) is 9.52. The van der Waals surface area contributed by atoms with Gasteiger partial charge in [0.05, 0.1) is 5.41 Å². The molecule has 1 aromatic carbocycles. The second kappa shape index (κ2) is 10.1. The Hall–Kier alpha value is -2.15. The summed E-state index contributed by atoms with van der Waals surface area (Å²) in [7, 11) is 0. The van der Waals surface area contributed by atoms with Gasteiger partial charge in [-0.3, -0.25) is 9.59 Å². The highest BCUT2D eigenvalue weighted by molar-refractivity contribution is 6.05. The van der Waals surface area contributed by atoms with E-state index in [0.717, 1.165) is 32.4 Å². The minimum absolute atomic E-state index is 0. The number of fused-ring (bicyclic) bond motifs is 1. The molecule has 2 atom stereocenters. The van der Waals surface area contributed by atoms with Crippen molar-refractivity contribution in [2.75, 3.05) is 23.7 Å². The molecule has 1 aromatic heterocycles. The van der Waals surface area contributed by atoms with Crippen molar-refractivity contribution < 1.29 is 9.59 Å². The summed E-state index contributed by atoms with van der Waals surface area (Å²) in [5, 5.41) is 9.22. The van der Waals surface area contributed by atoms with E-state index in [4.69, 9.17) is 0 Å². The number of amides is 2. The van der Waals surface area contributed by atoms with E-state index in [1.165, 1.54) is 6.42 Å². The van der Waals surface area contributed by atoms with Crippen LogP contribution in [0.1, 0.15) is 36.0 Å². The first kappa shape index (κ1) is 23.1. The fourth-order valence-corrected chi connectivity index (χ4v) is 4.31. The van der Waals surface area contributed by atoms with Crippen molar-refractivity contribution in [3.05, 3.63) is 54.2 Å². The molecule has 6 nitrogen and oxygen atoms in total. The molecule has 2 heterocycles. The maximum Gasteiger partial charge on any atom is 0.256 e. The molecule has 1 saturated heterocycles. The number of anilines is 2. The fourth-order valence-electron chi connectivity index (χ4n) is 4.31. The summed E-state index contributed by atoms with van der Waals surface area (Å²) < 4.78 is 0. The standard InChI is InChI=1S/C21H24N4O2.2ClH/c26-19(25-18-9-2-4-11-23-18)15-6-5-8-17(12-15)24-20(27)21-10-3-1-7-16(21)13-22-14-21;;/h2,4-6,8-9,11-12,16,22H,1,3,7,10,13-14H2,(H,24,27)(H,23,25,26);2*1H/t16-,21+;;/m0../s1. The van der Waals surface area contributed by atoms with Gasteiger partial charge in [0.25, 0.3) is 5.91 Å². The monoisotopic (exact) mass is 436 g/mol. The van der Waals surface area contributed by atoms with Crippen molar-refractivity contribution in [1.29, 1.82) is 0 Å². The van der Waals surface area contributed by atoms with Crippen LogP contribution in [0.5, 0.6) is 0 Å². The SMILES string of the molecule is Cl.Cl.O=C(Nc1ccccn1)c1cccc(NC(=O)[C@@]23CCCC[C@H]2CNC3)c1. The van der Waals surface area contributed by atoms with E-state index in [0.29, 0.717) is 23.0 Å². The van der Waals surface area contributed by atoms with Crippen LogP contribution in [-0.4, -0.2) is 29.9 Å². The molecule has 156 valence electrons. The number of aromatic nitrogens is 1. The summed E-state index contributed by atoms with van der Waals surface area (Å²) in [5.41, 5.74) is 0.824. The van der Waals surface area contributed by atoms with Crippen molar-refractivity contribution >= 4 is 48.1 Å². The summed E-state index contributed by atoms with van der Waals surface area (Å²) in [6, 6.07) is 12.4. The van der Waals surface area contributed by atoms with E-state index in [1.807, 2.05) is 12.1 Å². The second-order valence-electron chi connectivity index (χ2n) is 7.43. The van der Waals surface area contributed by atoms with Gasteiger partial charge in [0.15, 0.2) is 0 Å². The fraction of sp³-hybridized carbons (Fsp3) is 0.381. The van der Waals surface area contributed by atoms with Gasteiger partial charge in [0.2, 0.25) is 5.91 Å². The van der Waals surface area contributed by atoms with Gasteiger partial charge in [0.1, 0.15) is 5.82 Å². The first-order chi connectivity index (χ1) is 13.2. The van der Waals surface area contributed by atoms with Gasteiger partial charge in [0, 0.05) is 24.0 Å². The molecule has 1 aliphatic heterocycles. The number of halogens is 2. The molecular weight excluding hydrogens is 411 g/mol. The normalized spacial score (nSPS) is 22.4. The highest BCUT2D eigenvalue weighted by Gasteiger charge is 2.49. The summed E-state index contributed by atoms with van der Waals surface area (Å²) in [6.07, 6.45) is 5.95. The lowest BCUT2D eigenvalue weighted by molar-refractivity contribution is -0.128. The van der Waals surface area contributed by atoms with E-state index in [9.17, 15) is 9.59 Å². The zero-order valence-electron chi connectivity index (χ0n) is 16.0. The molecule has 1 saturated carbocycles. The molecule has 1 aliphatic carbocycles. The molecule has 2 amide bonds. The average Bonchev–Trinajstić information content (AvgIpc) is 3.14. The Morgan fingerprint density at radius 1 is 1.07 bits per heavy atom. The van der Waals surface area contributed by atoms with Crippen molar-refractivity contribution in [3.8, 4) is 0 Å². The number of carbonyl (C=O) groups excluding carboxylic acids is 2. The molecule has 0 unspecified atom stereocenters. The Morgan fingerprint density at radius 2 is 1.93 bits per heavy atom. The number of nitrogens with zero attached hydrogens (tertiary/aromatic N) is 1. The van der Waals surface area contributed by atoms with Crippen LogP contribution in [-0.2, 0) is 4.79 Å². The van der Waals surface area contributed by atoms with E-state index in [-0.39, 0.29) is 42.0 Å². The Morgan fingerprint density at radius 3 is 2.72 bits per heavy atom. The molecule has 0 radical (unpaired) electrons. The molecule has 3 N–H and O–H groups in total. The first-order valence-corrected chi connectivity index (χ1v) is 9.52. The molecule has 0 spiro atoms. The second-order valence-corrected chi connectivity index (χ2v) is 7.43. The molecule has 2 aromatic rings. The van der Waals surface area contributed by atoms with Crippen LogP contribution >= 0.6 is 24.8 Å². The average molecular weight is 437 g/mol. The van der Waals surface area contributed by atoms with Gasteiger partial charge in [-0.2, -0.15) is 0 Å². The molecule has 29 heavy (non-hydrogen) atoms. The van der Waals surface area contributed by atoms with E-state index >= 15 is 0 Å². The summed E-state index contributed by atoms with van der Waals surface area (Å²) >= 11 is 0. The third-order valence-corrected chi connectivity index (χ3v) is 5.78. The molecular formula is C21H26Cl2N4O2. The predicted molar refractivity (Wildman–Crippen MR) is 119 cm³/mol. The Labute approximate surface area is 183 Å². The van der Waals surface area contributed by atoms with Gasteiger partial charge in [-0.25, -0.2) is 4.98 Å². The van der Waals surface area contributed by atoms with Crippen LogP contribution in [0.15, 0.2) is 48.7 Å². The van der Waals surface area contributed by atoms with Gasteiger partial charge >= 0.3 is 0 Å². The van der Waals surface area contributed by atoms with Gasteiger partial charge in [-0.15, -0.1) is 24.8 Å².